The van der Waals surface area contributed by atoms with Gasteiger partial charge in [0.1, 0.15) is 35.4 Å². The van der Waals surface area contributed by atoms with Crippen LogP contribution < -0.4 is 21.1 Å². The van der Waals surface area contributed by atoms with E-state index in [2.05, 4.69) is 30.4 Å². The van der Waals surface area contributed by atoms with Crippen molar-refractivity contribution in [3.05, 3.63) is 90.3 Å². The van der Waals surface area contributed by atoms with Crippen LogP contribution in [-0.4, -0.2) is 134 Å². The maximum atomic E-state index is 13.6. The molecule has 3 aromatic carbocycles. The summed E-state index contributed by atoms with van der Waals surface area (Å²) >= 11 is 0. The molecule has 17 nitrogen and oxygen atoms in total. The molecule has 0 spiro atoms. The first-order valence-corrected chi connectivity index (χ1v) is 21.3. The quantitative estimate of drug-likeness (QED) is 0.144. The second kappa shape index (κ2) is 17.7. The second-order valence-electron chi connectivity index (χ2n) is 16.2. The van der Waals surface area contributed by atoms with Crippen molar-refractivity contribution in [2.45, 2.75) is 50.6 Å². The molecule has 2 aromatic heterocycles. The Morgan fingerprint density at radius 3 is 2.37 bits per heavy atom. The molecule has 17 heteroatoms. The minimum atomic E-state index is -1.00. The van der Waals surface area contributed by atoms with Gasteiger partial charge < -0.3 is 25.6 Å². The number of rotatable bonds is 13. The summed E-state index contributed by atoms with van der Waals surface area (Å²) in [7, 11) is 0. The highest BCUT2D eigenvalue weighted by Gasteiger charge is 2.45. The molecule has 62 heavy (non-hydrogen) atoms. The van der Waals surface area contributed by atoms with E-state index in [0.717, 1.165) is 74.7 Å². The number of nitrogen functional groups attached to an aromatic ring is 1. The summed E-state index contributed by atoms with van der Waals surface area (Å²) in [6, 6.07) is 21.4. The van der Waals surface area contributed by atoms with E-state index < -0.39 is 29.7 Å². The molecule has 0 aliphatic carbocycles. The molecule has 0 radical (unpaired) electrons. The molecule has 6 heterocycles. The topological polar surface area (TPSA) is 201 Å². The van der Waals surface area contributed by atoms with Crippen molar-refractivity contribution >= 4 is 52.1 Å². The maximum absolute atomic E-state index is 13.6. The van der Waals surface area contributed by atoms with Gasteiger partial charge in [-0.1, -0.05) is 24.3 Å². The molecule has 0 saturated carbocycles. The largest absolute Gasteiger partial charge is 0.457 e. The summed E-state index contributed by atoms with van der Waals surface area (Å²) in [5, 5.41) is 11.3. The molecular weight excluding hydrogens is 791 g/mol. The lowest BCUT2D eigenvalue weighted by Crippen LogP contribution is -2.54. The molecule has 9 rings (SSSR count). The van der Waals surface area contributed by atoms with Crippen LogP contribution in [0.15, 0.2) is 79.1 Å². The highest BCUT2D eigenvalue weighted by atomic mass is 16.5. The number of aromatic nitrogens is 4. The lowest BCUT2D eigenvalue weighted by atomic mass is 10.0. The Labute approximate surface area is 358 Å². The number of nitrogens with zero attached hydrogens (tertiary/aromatic N) is 8. The van der Waals surface area contributed by atoms with Gasteiger partial charge in [-0.15, -0.1) is 0 Å². The molecule has 1 unspecified atom stereocenters. The van der Waals surface area contributed by atoms with E-state index in [4.69, 9.17) is 15.6 Å². The van der Waals surface area contributed by atoms with Crippen LogP contribution in [0.4, 0.5) is 11.5 Å². The maximum Gasteiger partial charge on any atom is 0.264 e. The number of carbonyl (C=O) groups excluding carboxylic acids is 5. The molecule has 320 valence electrons. The van der Waals surface area contributed by atoms with E-state index >= 15 is 0 Å². The molecule has 2 atom stereocenters. The van der Waals surface area contributed by atoms with Crippen LogP contribution in [-0.2, 0) is 14.4 Å². The van der Waals surface area contributed by atoms with E-state index in [1.54, 1.807) is 18.2 Å². The summed E-state index contributed by atoms with van der Waals surface area (Å²) < 4.78 is 7.92. The summed E-state index contributed by atoms with van der Waals surface area (Å²) in [6.07, 6.45) is 4.61. The van der Waals surface area contributed by atoms with Gasteiger partial charge in [0, 0.05) is 76.5 Å². The normalized spacial score (nSPS) is 19.8. The third kappa shape index (κ3) is 8.32. The smallest absolute Gasteiger partial charge is 0.264 e. The molecule has 0 bridgehead atoms. The van der Waals surface area contributed by atoms with Gasteiger partial charge in [0.15, 0.2) is 5.65 Å². The number of piperazine rings is 1. The molecule has 5 amide bonds. The number of para-hydroxylation sites is 1. The number of amides is 5. The van der Waals surface area contributed by atoms with Gasteiger partial charge in [-0.25, -0.2) is 14.6 Å². The Morgan fingerprint density at radius 1 is 0.839 bits per heavy atom. The number of carbonyl (C=O) groups is 5. The summed E-state index contributed by atoms with van der Waals surface area (Å²) in [5.74, 6) is -0.113. The van der Waals surface area contributed by atoms with E-state index in [0.29, 0.717) is 60.0 Å². The van der Waals surface area contributed by atoms with Crippen LogP contribution in [0.2, 0.25) is 0 Å². The highest BCUT2D eigenvalue weighted by Crippen LogP contribution is 2.36. The minimum Gasteiger partial charge on any atom is -0.457 e. The fourth-order valence-corrected chi connectivity index (χ4v) is 9.00. The minimum absolute atomic E-state index is 0.0557. The third-order valence-corrected chi connectivity index (χ3v) is 12.3. The zero-order chi connectivity index (χ0) is 42.7. The van der Waals surface area contributed by atoms with E-state index in [1.165, 1.54) is 6.33 Å². The average molecular weight is 840 g/mol. The number of likely N-dealkylation sites (tertiary alicyclic amines) is 1. The van der Waals surface area contributed by atoms with Gasteiger partial charge in [-0.05, 0) is 80.8 Å². The number of nitrogens with one attached hydrogen (secondary N) is 2. The average Bonchev–Trinajstić information content (AvgIpc) is 3.80. The molecular formula is C45H49N11O6. The Kier molecular flexibility index (Phi) is 11.6. The van der Waals surface area contributed by atoms with E-state index in [9.17, 15) is 24.0 Å². The molecule has 5 aromatic rings. The summed E-state index contributed by atoms with van der Waals surface area (Å²) in [6.45, 7) is 6.92. The van der Waals surface area contributed by atoms with Crippen molar-refractivity contribution in [1.29, 1.82) is 0 Å². The van der Waals surface area contributed by atoms with Gasteiger partial charge in [0.25, 0.3) is 11.8 Å². The monoisotopic (exact) mass is 839 g/mol. The fourth-order valence-electron chi connectivity index (χ4n) is 9.00. The van der Waals surface area contributed by atoms with Gasteiger partial charge in [0.05, 0.1) is 22.6 Å². The first-order valence-electron chi connectivity index (χ1n) is 21.3. The van der Waals surface area contributed by atoms with Crippen molar-refractivity contribution in [2.75, 3.05) is 70.0 Å². The second-order valence-corrected chi connectivity index (χ2v) is 16.2. The van der Waals surface area contributed by atoms with Crippen molar-refractivity contribution in [3.63, 3.8) is 0 Å². The lowest BCUT2D eigenvalue weighted by Gasteiger charge is -2.35. The number of ether oxygens (including phenoxy) is 1. The number of hydrogen-bond donors (Lipinski definition) is 3. The molecule has 3 fully saturated rings. The lowest BCUT2D eigenvalue weighted by molar-refractivity contribution is -0.136. The van der Waals surface area contributed by atoms with Crippen LogP contribution in [0.1, 0.15) is 65.3 Å². The zero-order valence-electron chi connectivity index (χ0n) is 34.4. The van der Waals surface area contributed by atoms with Gasteiger partial charge in [0.2, 0.25) is 17.7 Å². The zero-order valence-corrected chi connectivity index (χ0v) is 34.4. The standard InChI is InChI=1S/C45H49N11O6/c46-41-39-40(29-13-15-32(16-14-29)62-31-8-2-1-3-9-31)51-56(42(39)49-28-48-41)30-7-5-21-54(27-30)37(58)12-6-20-52-23-25-53(26-24-52)22-19-47-34-11-4-10-33-38(34)45(61)55(44(33)60)35-17-18-36(57)50-43(35)59/h1-4,8-11,13-16,28,30,35,47H,5-7,12,17-27H2,(H2,46,48,49)(H,50,57,59)/t30-,35?/m1/s1. The van der Waals surface area contributed by atoms with Crippen molar-refractivity contribution in [3.8, 4) is 22.8 Å². The third-order valence-electron chi connectivity index (χ3n) is 12.3. The number of hydrogen-bond acceptors (Lipinski definition) is 13. The van der Waals surface area contributed by atoms with Crippen LogP contribution in [0.3, 0.4) is 0 Å². The van der Waals surface area contributed by atoms with Crippen LogP contribution in [0, 0.1) is 0 Å². The molecule has 4 aliphatic rings. The van der Waals surface area contributed by atoms with Crippen molar-refractivity contribution < 1.29 is 28.7 Å². The van der Waals surface area contributed by atoms with E-state index in [-0.39, 0.29) is 35.9 Å². The number of anilines is 2. The number of benzene rings is 3. The van der Waals surface area contributed by atoms with Crippen LogP contribution in [0.25, 0.3) is 22.3 Å². The Balaban J connectivity index is 0.739. The number of imide groups is 2. The van der Waals surface area contributed by atoms with Crippen molar-refractivity contribution in [2.24, 2.45) is 0 Å². The Hall–Kier alpha value is -6.72. The molecule has 4 N–H and O–H groups in total. The Morgan fingerprint density at radius 2 is 1.60 bits per heavy atom. The summed E-state index contributed by atoms with van der Waals surface area (Å²) in [4.78, 5) is 80.9. The number of piperidine rings is 2. The SMILES string of the molecule is Nc1ncnc2c1c(-c1ccc(Oc3ccccc3)cc1)nn2[C@@H]1CCCN(C(=O)CCCN2CCN(CCNc3cccc4c3C(=O)N(C3CCC(=O)NC3=O)C4=O)CC2)C1. The van der Waals surface area contributed by atoms with E-state index in [1.807, 2.05) is 64.2 Å². The van der Waals surface area contributed by atoms with Gasteiger partial charge in [-0.2, -0.15) is 5.10 Å². The molecule has 3 saturated heterocycles. The van der Waals surface area contributed by atoms with Gasteiger partial charge in [-0.3, -0.25) is 39.1 Å². The first kappa shape index (κ1) is 40.7. The number of fused-ring (bicyclic) bond motifs is 2. The Bertz CT molecular complexity index is 2500. The van der Waals surface area contributed by atoms with Crippen molar-refractivity contribution in [1.82, 2.24) is 44.7 Å². The first-order chi connectivity index (χ1) is 30.2. The predicted molar refractivity (Wildman–Crippen MR) is 230 cm³/mol. The van der Waals surface area contributed by atoms with Crippen LogP contribution in [0.5, 0.6) is 11.5 Å². The van der Waals surface area contributed by atoms with Gasteiger partial charge >= 0.3 is 0 Å². The van der Waals surface area contributed by atoms with Crippen LogP contribution >= 0.6 is 0 Å². The highest BCUT2D eigenvalue weighted by molar-refractivity contribution is 6.25. The fraction of sp³-hybridized carbons (Fsp3) is 0.378. The number of nitrogens with two attached hydrogens (primary N) is 1. The predicted octanol–water partition coefficient (Wildman–Crippen LogP) is 3.94. The summed E-state index contributed by atoms with van der Waals surface area (Å²) in [5.41, 5.74) is 9.71. The molecule has 4 aliphatic heterocycles.